The smallest absolute Gasteiger partial charge is 0.251 e. The Hall–Kier alpha value is -1.13. The lowest BCUT2D eigenvalue weighted by Gasteiger charge is -2.17. The van der Waals surface area contributed by atoms with Crippen LogP contribution >= 0.6 is 11.6 Å². The van der Waals surface area contributed by atoms with Crippen LogP contribution in [0.1, 0.15) is 29.6 Å². The summed E-state index contributed by atoms with van der Waals surface area (Å²) in [4.78, 5) is 11.9. The van der Waals surface area contributed by atoms with Crippen LogP contribution in [0.15, 0.2) is 18.2 Å². The van der Waals surface area contributed by atoms with Crippen LogP contribution < -0.4 is 5.32 Å². The van der Waals surface area contributed by atoms with Crippen molar-refractivity contribution in [2.24, 2.45) is 11.8 Å². The van der Waals surface area contributed by atoms with Crippen LogP contribution in [-0.4, -0.2) is 24.2 Å². The number of aliphatic hydroxyl groups excluding tert-OH is 1. The summed E-state index contributed by atoms with van der Waals surface area (Å²) in [5.41, 5.74) is 0.352. The van der Waals surface area contributed by atoms with Gasteiger partial charge in [0.2, 0.25) is 0 Å². The van der Waals surface area contributed by atoms with E-state index >= 15 is 0 Å². The molecule has 0 aliphatic heterocycles. The van der Waals surface area contributed by atoms with Crippen LogP contribution in [-0.2, 0) is 0 Å². The fourth-order valence-electron chi connectivity index (χ4n) is 2.59. The Morgan fingerprint density at radius 2 is 2.16 bits per heavy atom. The van der Waals surface area contributed by atoms with Gasteiger partial charge in [0, 0.05) is 18.7 Å². The maximum Gasteiger partial charge on any atom is 0.251 e. The van der Waals surface area contributed by atoms with Gasteiger partial charge in [0.15, 0.2) is 0 Å². The highest BCUT2D eigenvalue weighted by molar-refractivity contribution is 6.31. The number of carbonyl (C=O) groups excluding carboxylic acids is 1. The van der Waals surface area contributed by atoms with Gasteiger partial charge < -0.3 is 10.4 Å². The monoisotopic (exact) mass is 285 g/mol. The standard InChI is InChI=1S/C14H17ClFNO2/c15-12-6-9(4-5-13(12)16)14(19)17-7-10-2-1-3-11(10)8-18/h4-6,10-11,18H,1-3,7-8H2,(H,17,19). The van der Waals surface area contributed by atoms with E-state index in [1.807, 2.05) is 0 Å². The summed E-state index contributed by atoms with van der Waals surface area (Å²) in [6, 6.07) is 3.92. The molecule has 2 rings (SSSR count). The van der Waals surface area contributed by atoms with Gasteiger partial charge in [-0.1, -0.05) is 18.0 Å². The molecule has 0 radical (unpaired) electrons. The van der Waals surface area contributed by atoms with E-state index in [-0.39, 0.29) is 23.5 Å². The maximum absolute atomic E-state index is 13.0. The molecule has 1 fully saturated rings. The SMILES string of the molecule is O=C(NCC1CCCC1CO)c1ccc(F)c(Cl)c1. The predicted molar refractivity (Wildman–Crippen MR) is 71.7 cm³/mol. The van der Waals surface area contributed by atoms with Crippen LogP contribution in [0, 0.1) is 17.7 Å². The second-order valence-corrected chi connectivity index (χ2v) is 5.38. The summed E-state index contributed by atoms with van der Waals surface area (Å²) in [6.45, 7) is 0.710. The van der Waals surface area contributed by atoms with Gasteiger partial charge in [-0.05, 0) is 42.9 Å². The first-order chi connectivity index (χ1) is 9.11. The number of benzene rings is 1. The number of carbonyl (C=O) groups is 1. The molecule has 3 nitrogen and oxygen atoms in total. The molecule has 0 bridgehead atoms. The third kappa shape index (κ3) is 3.45. The molecular formula is C14H17ClFNO2. The lowest BCUT2D eigenvalue weighted by atomic mass is 9.97. The normalized spacial score (nSPS) is 22.5. The Morgan fingerprint density at radius 3 is 2.84 bits per heavy atom. The summed E-state index contributed by atoms with van der Waals surface area (Å²) in [7, 11) is 0. The molecule has 1 aliphatic carbocycles. The first kappa shape index (κ1) is 14.3. The average Bonchev–Trinajstić information content (AvgIpc) is 2.86. The molecule has 0 spiro atoms. The van der Waals surface area contributed by atoms with E-state index in [1.165, 1.54) is 18.2 Å². The third-order valence-corrected chi connectivity index (χ3v) is 4.05. The molecule has 0 aromatic heterocycles. The molecule has 2 unspecified atom stereocenters. The highest BCUT2D eigenvalue weighted by Gasteiger charge is 2.26. The topological polar surface area (TPSA) is 49.3 Å². The zero-order valence-electron chi connectivity index (χ0n) is 10.5. The largest absolute Gasteiger partial charge is 0.396 e. The Bertz CT molecular complexity index is 467. The third-order valence-electron chi connectivity index (χ3n) is 3.76. The van der Waals surface area contributed by atoms with Gasteiger partial charge in [-0.15, -0.1) is 0 Å². The maximum atomic E-state index is 13.0. The molecule has 1 aromatic rings. The van der Waals surface area contributed by atoms with Crippen molar-refractivity contribution in [1.29, 1.82) is 0 Å². The van der Waals surface area contributed by atoms with Crippen molar-refractivity contribution in [2.45, 2.75) is 19.3 Å². The second-order valence-electron chi connectivity index (χ2n) is 4.97. The molecule has 0 heterocycles. The quantitative estimate of drug-likeness (QED) is 0.893. The van der Waals surface area contributed by atoms with Crippen LogP contribution in [0.5, 0.6) is 0 Å². The number of nitrogens with one attached hydrogen (secondary N) is 1. The molecule has 1 aliphatic rings. The van der Waals surface area contributed by atoms with E-state index in [0.717, 1.165) is 19.3 Å². The molecule has 19 heavy (non-hydrogen) atoms. The first-order valence-electron chi connectivity index (χ1n) is 6.46. The van der Waals surface area contributed by atoms with Crippen molar-refractivity contribution < 1.29 is 14.3 Å². The number of aliphatic hydroxyl groups is 1. The predicted octanol–water partition coefficient (Wildman–Crippen LogP) is 2.62. The van der Waals surface area contributed by atoms with Crippen LogP contribution in [0.2, 0.25) is 5.02 Å². The lowest BCUT2D eigenvalue weighted by molar-refractivity contribution is 0.0937. The minimum Gasteiger partial charge on any atom is -0.396 e. The summed E-state index contributed by atoms with van der Waals surface area (Å²) < 4.78 is 13.0. The Balaban J connectivity index is 1.92. The number of hydrogen-bond donors (Lipinski definition) is 2. The molecule has 104 valence electrons. The number of amides is 1. The Morgan fingerprint density at radius 1 is 1.42 bits per heavy atom. The fraction of sp³-hybridized carbons (Fsp3) is 0.500. The highest BCUT2D eigenvalue weighted by Crippen LogP contribution is 2.30. The average molecular weight is 286 g/mol. The zero-order valence-corrected chi connectivity index (χ0v) is 11.3. The minimum atomic E-state index is -0.533. The van der Waals surface area contributed by atoms with Gasteiger partial charge in [0.1, 0.15) is 5.82 Å². The minimum absolute atomic E-state index is 0.0539. The van der Waals surface area contributed by atoms with Crippen LogP contribution in [0.25, 0.3) is 0 Å². The van der Waals surface area contributed by atoms with Crippen LogP contribution in [0.4, 0.5) is 4.39 Å². The van der Waals surface area contributed by atoms with Crippen LogP contribution in [0.3, 0.4) is 0 Å². The summed E-state index contributed by atoms with van der Waals surface area (Å²) in [5, 5.41) is 12.0. The van der Waals surface area contributed by atoms with Gasteiger partial charge >= 0.3 is 0 Å². The second kappa shape index (κ2) is 6.35. The molecule has 0 saturated heterocycles. The summed E-state index contributed by atoms with van der Waals surface area (Å²) in [6.07, 6.45) is 3.13. The van der Waals surface area contributed by atoms with E-state index in [9.17, 15) is 14.3 Å². The molecule has 1 aromatic carbocycles. The molecule has 1 saturated carbocycles. The van der Waals surface area contributed by atoms with E-state index in [0.29, 0.717) is 18.0 Å². The highest BCUT2D eigenvalue weighted by atomic mass is 35.5. The van der Waals surface area contributed by atoms with Crippen molar-refractivity contribution in [3.8, 4) is 0 Å². The summed E-state index contributed by atoms with van der Waals surface area (Å²) >= 11 is 5.64. The van der Waals surface area contributed by atoms with Gasteiger partial charge in [-0.2, -0.15) is 0 Å². The van der Waals surface area contributed by atoms with Crippen molar-refractivity contribution >= 4 is 17.5 Å². The number of rotatable bonds is 4. The molecule has 1 amide bonds. The van der Waals surface area contributed by atoms with Crippen molar-refractivity contribution in [3.63, 3.8) is 0 Å². The van der Waals surface area contributed by atoms with E-state index in [2.05, 4.69) is 5.32 Å². The Labute approximate surface area is 116 Å². The molecular weight excluding hydrogens is 269 g/mol. The van der Waals surface area contributed by atoms with E-state index in [4.69, 9.17) is 11.6 Å². The van der Waals surface area contributed by atoms with Crippen molar-refractivity contribution in [2.75, 3.05) is 13.2 Å². The van der Waals surface area contributed by atoms with Gasteiger partial charge in [-0.3, -0.25) is 4.79 Å². The number of halogens is 2. The molecule has 2 atom stereocenters. The fourth-order valence-corrected chi connectivity index (χ4v) is 2.77. The van der Waals surface area contributed by atoms with Gasteiger partial charge in [0.25, 0.3) is 5.91 Å². The lowest BCUT2D eigenvalue weighted by Crippen LogP contribution is -2.31. The van der Waals surface area contributed by atoms with Gasteiger partial charge in [0.05, 0.1) is 5.02 Å². The summed E-state index contributed by atoms with van der Waals surface area (Å²) in [5.74, 6) is -0.193. The van der Waals surface area contributed by atoms with E-state index < -0.39 is 5.82 Å². The Kier molecular flexibility index (Phi) is 4.77. The van der Waals surface area contributed by atoms with Crippen molar-refractivity contribution in [1.82, 2.24) is 5.32 Å². The first-order valence-corrected chi connectivity index (χ1v) is 6.83. The van der Waals surface area contributed by atoms with Crippen molar-refractivity contribution in [3.05, 3.63) is 34.6 Å². The van der Waals surface area contributed by atoms with Gasteiger partial charge in [-0.25, -0.2) is 4.39 Å². The zero-order chi connectivity index (χ0) is 13.8. The molecule has 2 N–H and O–H groups in total. The molecule has 5 heteroatoms. The van der Waals surface area contributed by atoms with E-state index in [1.54, 1.807) is 0 Å². The number of hydrogen-bond acceptors (Lipinski definition) is 2.